The average Bonchev–Trinajstić information content (AvgIpc) is 2.04. The zero-order valence-electron chi connectivity index (χ0n) is 6.88. The highest BCUT2D eigenvalue weighted by molar-refractivity contribution is 7.99. The van der Waals surface area contributed by atoms with E-state index in [-0.39, 0.29) is 11.8 Å². The smallest absolute Gasteiger partial charge is 0.221 e. The summed E-state index contributed by atoms with van der Waals surface area (Å²) in [6.07, 6.45) is 6.65. The number of amides is 1. The van der Waals surface area contributed by atoms with Crippen LogP contribution in [-0.4, -0.2) is 17.4 Å². The molecule has 11 heavy (non-hydrogen) atoms. The highest BCUT2D eigenvalue weighted by atomic mass is 32.2. The summed E-state index contributed by atoms with van der Waals surface area (Å²) >= 11 is 1.78. The predicted octanol–water partition coefficient (Wildman–Crippen LogP) is 1.39. The molecule has 2 N–H and O–H groups in total. The molecule has 2 nitrogen and oxygen atoms in total. The number of rotatable bonds is 2. The SMILES string of the molecule is CSC1CCCCC1C(N)=O. The molecule has 0 radical (unpaired) electrons. The van der Waals surface area contributed by atoms with Gasteiger partial charge in [-0.25, -0.2) is 0 Å². The number of carbonyl (C=O) groups is 1. The van der Waals surface area contributed by atoms with Crippen LogP contribution in [0.5, 0.6) is 0 Å². The molecule has 2 atom stereocenters. The number of primary amides is 1. The van der Waals surface area contributed by atoms with Crippen molar-refractivity contribution in [2.45, 2.75) is 30.9 Å². The van der Waals surface area contributed by atoms with Gasteiger partial charge in [0.25, 0.3) is 0 Å². The van der Waals surface area contributed by atoms with Crippen molar-refractivity contribution in [2.75, 3.05) is 6.26 Å². The summed E-state index contributed by atoms with van der Waals surface area (Å²) in [6.45, 7) is 0. The molecule has 2 unspecified atom stereocenters. The van der Waals surface area contributed by atoms with Crippen LogP contribution in [0.1, 0.15) is 25.7 Å². The lowest BCUT2D eigenvalue weighted by atomic mass is 9.88. The summed E-state index contributed by atoms with van der Waals surface area (Å²) in [5, 5.41) is 0.487. The van der Waals surface area contributed by atoms with Gasteiger partial charge in [0.1, 0.15) is 0 Å². The monoisotopic (exact) mass is 173 g/mol. The normalized spacial score (nSPS) is 31.7. The molecule has 0 heterocycles. The Balaban J connectivity index is 2.51. The molecule has 3 heteroatoms. The Morgan fingerprint density at radius 2 is 2.09 bits per heavy atom. The molecule has 0 aromatic carbocycles. The van der Waals surface area contributed by atoms with E-state index in [9.17, 15) is 4.79 Å². The quantitative estimate of drug-likeness (QED) is 0.685. The highest BCUT2D eigenvalue weighted by Crippen LogP contribution is 2.31. The molecule has 0 saturated heterocycles. The van der Waals surface area contributed by atoms with E-state index in [0.29, 0.717) is 5.25 Å². The summed E-state index contributed by atoms with van der Waals surface area (Å²) in [7, 11) is 0. The summed E-state index contributed by atoms with van der Waals surface area (Å²) in [5.41, 5.74) is 5.28. The van der Waals surface area contributed by atoms with Crippen LogP contribution >= 0.6 is 11.8 Å². The first-order chi connectivity index (χ1) is 5.25. The molecule has 1 fully saturated rings. The third kappa shape index (κ3) is 2.12. The van der Waals surface area contributed by atoms with Crippen LogP contribution in [0.4, 0.5) is 0 Å². The lowest BCUT2D eigenvalue weighted by Crippen LogP contribution is -2.33. The van der Waals surface area contributed by atoms with Crippen LogP contribution in [0.3, 0.4) is 0 Å². The molecule has 64 valence electrons. The zero-order valence-corrected chi connectivity index (χ0v) is 7.69. The van der Waals surface area contributed by atoms with Crippen molar-refractivity contribution < 1.29 is 4.79 Å². The summed E-state index contributed by atoms with van der Waals surface area (Å²) in [5.74, 6) is 0.0304. The second-order valence-electron chi connectivity index (χ2n) is 3.07. The maximum absolute atomic E-state index is 10.9. The summed E-state index contributed by atoms with van der Waals surface area (Å²) < 4.78 is 0. The van der Waals surface area contributed by atoms with Gasteiger partial charge in [0.05, 0.1) is 0 Å². The van der Waals surface area contributed by atoms with E-state index in [2.05, 4.69) is 6.26 Å². The van der Waals surface area contributed by atoms with Gasteiger partial charge in [-0.3, -0.25) is 4.79 Å². The highest BCUT2D eigenvalue weighted by Gasteiger charge is 2.28. The number of hydrogen-bond acceptors (Lipinski definition) is 2. The Bertz CT molecular complexity index is 149. The van der Waals surface area contributed by atoms with Gasteiger partial charge in [-0.05, 0) is 19.1 Å². The number of thioether (sulfide) groups is 1. The van der Waals surface area contributed by atoms with E-state index in [0.717, 1.165) is 12.8 Å². The molecular formula is C8H15NOS. The van der Waals surface area contributed by atoms with Crippen molar-refractivity contribution in [1.29, 1.82) is 0 Å². The zero-order chi connectivity index (χ0) is 8.27. The van der Waals surface area contributed by atoms with E-state index in [1.54, 1.807) is 11.8 Å². The van der Waals surface area contributed by atoms with Gasteiger partial charge in [0.15, 0.2) is 0 Å². The van der Waals surface area contributed by atoms with Gasteiger partial charge >= 0.3 is 0 Å². The molecule has 1 saturated carbocycles. The second kappa shape index (κ2) is 4.00. The Labute approximate surface area is 71.9 Å². The first-order valence-electron chi connectivity index (χ1n) is 4.08. The molecule has 1 amide bonds. The Morgan fingerprint density at radius 1 is 1.45 bits per heavy atom. The Kier molecular flexibility index (Phi) is 3.24. The van der Waals surface area contributed by atoms with Gasteiger partial charge in [-0.15, -0.1) is 0 Å². The molecule has 0 aromatic rings. The van der Waals surface area contributed by atoms with Crippen molar-refractivity contribution in [1.82, 2.24) is 0 Å². The molecule has 1 aliphatic rings. The number of hydrogen-bond donors (Lipinski definition) is 1. The lowest BCUT2D eigenvalue weighted by Gasteiger charge is -2.27. The first kappa shape index (κ1) is 8.91. The molecule has 1 aliphatic carbocycles. The van der Waals surface area contributed by atoms with Gasteiger partial charge in [0, 0.05) is 11.2 Å². The molecule has 1 rings (SSSR count). The largest absolute Gasteiger partial charge is 0.369 e. The molecule has 0 aliphatic heterocycles. The van der Waals surface area contributed by atoms with Crippen LogP contribution in [0.15, 0.2) is 0 Å². The standard InChI is InChI=1S/C8H15NOS/c1-11-7-5-3-2-4-6(7)8(9)10/h6-7H,2-5H2,1H3,(H2,9,10). The van der Waals surface area contributed by atoms with Crippen LogP contribution in [-0.2, 0) is 4.79 Å². The van der Waals surface area contributed by atoms with Crippen molar-refractivity contribution >= 4 is 17.7 Å². The minimum atomic E-state index is -0.107. The topological polar surface area (TPSA) is 43.1 Å². The van der Waals surface area contributed by atoms with Crippen molar-refractivity contribution in [3.63, 3.8) is 0 Å². The van der Waals surface area contributed by atoms with Crippen molar-refractivity contribution in [3.8, 4) is 0 Å². The maximum Gasteiger partial charge on any atom is 0.221 e. The molecule has 0 aromatic heterocycles. The van der Waals surface area contributed by atoms with Crippen LogP contribution in [0.25, 0.3) is 0 Å². The van der Waals surface area contributed by atoms with Gasteiger partial charge in [-0.2, -0.15) is 11.8 Å². The van der Waals surface area contributed by atoms with Crippen LogP contribution in [0, 0.1) is 5.92 Å². The van der Waals surface area contributed by atoms with E-state index < -0.39 is 0 Å². The fourth-order valence-corrected chi connectivity index (χ4v) is 2.71. The summed E-state index contributed by atoms with van der Waals surface area (Å²) in [4.78, 5) is 10.9. The van der Waals surface area contributed by atoms with Crippen LogP contribution < -0.4 is 5.73 Å². The van der Waals surface area contributed by atoms with Crippen molar-refractivity contribution in [2.24, 2.45) is 11.7 Å². The lowest BCUT2D eigenvalue weighted by molar-refractivity contribution is -0.122. The Hall–Kier alpha value is -0.180. The second-order valence-corrected chi connectivity index (χ2v) is 4.14. The van der Waals surface area contributed by atoms with E-state index in [1.165, 1.54) is 12.8 Å². The molecular weight excluding hydrogens is 158 g/mol. The fraction of sp³-hybridized carbons (Fsp3) is 0.875. The molecule has 0 bridgehead atoms. The van der Waals surface area contributed by atoms with Gasteiger partial charge in [0.2, 0.25) is 5.91 Å². The van der Waals surface area contributed by atoms with E-state index >= 15 is 0 Å². The van der Waals surface area contributed by atoms with Crippen molar-refractivity contribution in [3.05, 3.63) is 0 Å². The maximum atomic E-state index is 10.9. The van der Waals surface area contributed by atoms with Gasteiger partial charge in [-0.1, -0.05) is 12.8 Å². The van der Waals surface area contributed by atoms with E-state index in [1.807, 2.05) is 0 Å². The third-order valence-corrected chi connectivity index (χ3v) is 3.54. The van der Waals surface area contributed by atoms with E-state index in [4.69, 9.17) is 5.73 Å². The summed E-state index contributed by atoms with van der Waals surface area (Å²) in [6, 6.07) is 0. The van der Waals surface area contributed by atoms with Gasteiger partial charge < -0.3 is 5.73 Å². The minimum Gasteiger partial charge on any atom is -0.369 e. The average molecular weight is 173 g/mol. The number of carbonyl (C=O) groups excluding carboxylic acids is 1. The Morgan fingerprint density at radius 3 is 2.55 bits per heavy atom. The predicted molar refractivity (Wildman–Crippen MR) is 48.5 cm³/mol. The van der Waals surface area contributed by atoms with Crippen LogP contribution in [0.2, 0.25) is 0 Å². The third-order valence-electron chi connectivity index (χ3n) is 2.37. The minimum absolute atomic E-state index is 0.107. The molecule has 0 spiro atoms. The number of nitrogens with two attached hydrogens (primary N) is 1. The fourth-order valence-electron chi connectivity index (χ4n) is 1.70. The first-order valence-corrected chi connectivity index (χ1v) is 5.36.